The van der Waals surface area contributed by atoms with Crippen molar-refractivity contribution >= 4 is 5.91 Å². The number of carbonyl (C=O) groups is 1. The van der Waals surface area contributed by atoms with Gasteiger partial charge in [-0.15, -0.1) is 0 Å². The fraction of sp³-hybridized carbons (Fsp3) is 0.286. The zero-order valence-electron chi connectivity index (χ0n) is 10.2. The van der Waals surface area contributed by atoms with Gasteiger partial charge in [0.1, 0.15) is 5.69 Å². The summed E-state index contributed by atoms with van der Waals surface area (Å²) in [5.41, 5.74) is 3.34. The number of nitrogens with one attached hydrogen (secondary N) is 2. The molecule has 2 aromatic rings. The van der Waals surface area contributed by atoms with Crippen LogP contribution in [0.15, 0.2) is 30.3 Å². The zero-order valence-corrected chi connectivity index (χ0v) is 10.2. The van der Waals surface area contributed by atoms with Gasteiger partial charge in [0, 0.05) is 17.2 Å². The molecule has 0 aliphatic heterocycles. The maximum absolute atomic E-state index is 12.0. The molecule has 0 spiro atoms. The van der Waals surface area contributed by atoms with Crippen LogP contribution in [-0.2, 0) is 0 Å². The van der Waals surface area contributed by atoms with Gasteiger partial charge in [0.25, 0.3) is 5.91 Å². The monoisotopic (exact) mass is 241 g/mol. The van der Waals surface area contributed by atoms with Crippen molar-refractivity contribution in [2.24, 2.45) is 0 Å². The van der Waals surface area contributed by atoms with Crippen LogP contribution < -0.4 is 5.32 Å². The summed E-state index contributed by atoms with van der Waals surface area (Å²) < 4.78 is 0. The van der Waals surface area contributed by atoms with E-state index in [0.717, 1.165) is 29.7 Å². The SMILES string of the molecule is Cc1c(-c2ccccc2)n[nH]c1C(=O)NC1CC1. The van der Waals surface area contributed by atoms with E-state index in [1.807, 2.05) is 37.3 Å². The van der Waals surface area contributed by atoms with E-state index >= 15 is 0 Å². The molecule has 0 unspecified atom stereocenters. The molecule has 1 amide bonds. The Bertz CT molecular complexity index is 570. The summed E-state index contributed by atoms with van der Waals surface area (Å²) in [6.45, 7) is 1.92. The van der Waals surface area contributed by atoms with Crippen LogP contribution in [0.1, 0.15) is 28.9 Å². The molecule has 1 aromatic carbocycles. The molecule has 1 aromatic heterocycles. The maximum Gasteiger partial charge on any atom is 0.269 e. The van der Waals surface area contributed by atoms with Gasteiger partial charge in [-0.1, -0.05) is 30.3 Å². The second-order valence-electron chi connectivity index (χ2n) is 4.69. The minimum atomic E-state index is -0.0512. The average Bonchev–Trinajstić information content (AvgIpc) is 3.11. The van der Waals surface area contributed by atoms with Gasteiger partial charge in [-0.25, -0.2) is 0 Å². The van der Waals surface area contributed by atoms with Crippen LogP contribution >= 0.6 is 0 Å². The van der Waals surface area contributed by atoms with Gasteiger partial charge in [-0.3, -0.25) is 9.89 Å². The van der Waals surface area contributed by atoms with E-state index in [9.17, 15) is 4.79 Å². The molecule has 0 saturated heterocycles. The molecule has 18 heavy (non-hydrogen) atoms. The molecule has 0 radical (unpaired) electrons. The Morgan fingerprint density at radius 1 is 1.33 bits per heavy atom. The highest BCUT2D eigenvalue weighted by Crippen LogP contribution is 2.24. The third-order valence-electron chi connectivity index (χ3n) is 3.20. The molecule has 1 saturated carbocycles. The number of carbonyl (C=O) groups excluding carboxylic acids is 1. The van der Waals surface area contributed by atoms with Crippen molar-refractivity contribution in [2.75, 3.05) is 0 Å². The van der Waals surface area contributed by atoms with Gasteiger partial charge in [-0.2, -0.15) is 5.10 Å². The van der Waals surface area contributed by atoms with Gasteiger partial charge in [0.15, 0.2) is 0 Å². The largest absolute Gasteiger partial charge is 0.348 e. The van der Waals surface area contributed by atoms with Crippen LogP contribution in [0, 0.1) is 6.92 Å². The Morgan fingerprint density at radius 2 is 2.06 bits per heavy atom. The van der Waals surface area contributed by atoms with Gasteiger partial charge >= 0.3 is 0 Å². The van der Waals surface area contributed by atoms with Crippen molar-refractivity contribution in [3.63, 3.8) is 0 Å². The topological polar surface area (TPSA) is 57.8 Å². The second-order valence-corrected chi connectivity index (χ2v) is 4.69. The Balaban J connectivity index is 1.89. The fourth-order valence-corrected chi connectivity index (χ4v) is 1.98. The van der Waals surface area contributed by atoms with Crippen molar-refractivity contribution in [2.45, 2.75) is 25.8 Å². The number of benzene rings is 1. The molecule has 1 fully saturated rings. The Kier molecular flexibility index (Phi) is 2.63. The van der Waals surface area contributed by atoms with E-state index in [4.69, 9.17) is 0 Å². The van der Waals surface area contributed by atoms with Crippen LogP contribution in [0.3, 0.4) is 0 Å². The van der Waals surface area contributed by atoms with Crippen LogP contribution in [0.2, 0.25) is 0 Å². The van der Waals surface area contributed by atoms with Crippen LogP contribution in [0.4, 0.5) is 0 Å². The van der Waals surface area contributed by atoms with Crippen LogP contribution in [0.5, 0.6) is 0 Å². The molecule has 0 bridgehead atoms. The lowest BCUT2D eigenvalue weighted by molar-refractivity contribution is 0.0945. The smallest absolute Gasteiger partial charge is 0.269 e. The maximum atomic E-state index is 12.0. The lowest BCUT2D eigenvalue weighted by Crippen LogP contribution is -2.26. The predicted octanol–water partition coefficient (Wildman–Crippen LogP) is 2.28. The molecule has 1 aliphatic carbocycles. The lowest BCUT2D eigenvalue weighted by atomic mass is 10.1. The van der Waals surface area contributed by atoms with Crippen LogP contribution in [-0.4, -0.2) is 22.1 Å². The number of aromatic amines is 1. The zero-order chi connectivity index (χ0) is 12.5. The van der Waals surface area contributed by atoms with Crippen molar-refractivity contribution < 1.29 is 4.79 Å². The predicted molar refractivity (Wildman–Crippen MR) is 69.2 cm³/mol. The standard InChI is InChI=1S/C14H15N3O/c1-9-12(10-5-3-2-4-6-10)16-17-13(9)14(18)15-11-7-8-11/h2-6,11H,7-8H2,1H3,(H,15,18)(H,16,17). The van der Waals surface area contributed by atoms with E-state index in [1.165, 1.54) is 0 Å². The quantitative estimate of drug-likeness (QED) is 0.866. The molecule has 4 heteroatoms. The highest BCUT2D eigenvalue weighted by Gasteiger charge is 2.26. The number of nitrogens with zero attached hydrogens (tertiary/aromatic N) is 1. The lowest BCUT2D eigenvalue weighted by Gasteiger charge is -2.02. The first kappa shape index (κ1) is 11.0. The van der Waals surface area contributed by atoms with Crippen molar-refractivity contribution in [3.05, 3.63) is 41.6 Å². The molecule has 4 nitrogen and oxygen atoms in total. The molecule has 1 aliphatic rings. The number of hydrogen-bond acceptors (Lipinski definition) is 2. The van der Waals surface area contributed by atoms with E-state index in [1.54, 1.807) is 0 Å². The highest BCUT2D eigenvalue weighted by atomic mass is 16.2. The van der Waals surface area contributed by atoms with E-state index in [-0.39, 0.29) is 5.91 Å². The van der Waals surface area contributed by atoms with E-state index < -0.39 is 0 Å². The summed E-state index contributed by atoms with van der Waals surface area (Å²) in [5, 5.41) is 10.1. The van der Waals surface area contributed by atoms with E-state index in [0.29, 0.717) is 11.7 Å². The van der Waals surface area contributed by atoms with Gasteiger partial charge in [0.2, 0.25) is 0 Å². The summed E-state index contributed by atoms with van der Waals surface area (Å²) in [6, 6.07) is 10.2. The number of amides is 1. The van der Waals surface area contributed by atoms with E-state index in [2.05, 4.69) is 15.5 Å². The molecule has 92 valence electrons. The first-order chi connectivity index (χ1) is 8.75. The van der Waals surface area contributed by atoms with Crippen molar-refractivity contribution in [1.82, 2.24) is 15.5 Å². The number of hydrogen-bond donors (Lipinski definition) is 2. The third-order valence-corrected chi connectivity index (χ3v) is 3.20. The normalized spacial score (nSPS) is 14.5. The second kappa shape index (κ2) is 4.29. The highest BCUT2D eigenvalue weighted by molar-refractivity contribution is 5.95. The molecule has 3 rings (SSSR count). The molecular weight excluding hydrogens is 226 g/mol. The number of rotatable bonds is 3. The Morgan fingerprint density at radius 3 is 2.72 bits per heavy atom. The van der Waals surface area contributed by atoms with Crippen molar-refractivity contribution in [3.8, 4) is 11.3 Å². The summed E-state index contributed by atoms with van der Waals surface area (Å²) in [5.74, 6) is -0.0512. The fourth-order valence-electron chi connectivity index (χ4n) is 1.98. The van der Waals surface area contributed by atoms with Gasteiger partial charge in [-0.05, 0) is 19.8 Å². The number of aromatic nitrogens is 2. The Hall–Kier alpha value is -2.10. The first-order valence-electron chi connectivity index (χ1n) is 6.17. The molecule has 1 heterocycles. The van der Waals surface area contributed by atoms with Gasteiger partial charge < -0.3 is 5.32 Å². The third kappa shape index (κ3) is 2.01. The summed E-state index contributed by atoms with van der Waals surface area (Å²) >= 11 is 0. The van der Waals surface area contributed by atoms with Gasteiger partial charge in [0.05, 0.1) is 5.69 Å². The molecular formula is C14H15N3O. The number of H-pyrrole nitrogens is 1. The summed E-state index contributed by atoms with van der Waals surface area (Å²) in [7, 11) is 0. The Labute approximate surface area is 105 Å². The summed E-state index contributed by atoms with van der Waals surface area (Å²) in [4.78, 5) is 12.0. The summed E-state index contributed by atoms with van der Waals surface area (Å²) in [6.07, 6.45) is 2.18. The molecule has 0 atom stereocenters. The average molecular weight is 241 g/mol. The minimum Gasteiger partial charge on any atom is -0.348 e. The van der Waals surface area contributed by atoms with Crippen LogP contribution in [0.25, 0.3) is 11.3 Å². The molecule has 2 N–H and O–H groups in total. The first-order valence-corrected chi connectivity index (χ1v) is 6.17. The van der Waals surface area contributed by atoms with Crippen molar-refractivity contribution in [1.29, 1.82) is 0 Å². The minimum absolute atomic E-state index is 0.0512.